The largest absolute Gasteiger partial charge is 0.383 e. The van der Waals surface area contributed by atoms with Crippen LogP contribution >= 0.6 is 11.6 Å². The minimum Gasteiger partial charge on any atom is -0.383 e. The third kappa shape index (κ3) is 6.83. The Morgan fingerprint density at radius 2 is 2.25 bits per heavy atom. The molecule has 0 spiro atoms. The molecule has 0 N–H and O–H groups in total. The molecule has 0 aromatic carbocycles. The second-order valence-corrected chi connectivity index (χ2v) is 3.47. The van der Waals surface area contributed by atoms with Gasteiger partial charge in [-0.05, 0) is 13.5 Å². The van der Waals surface area contributed by atoms with Crippen LogP contribution in [0.4, 0.5) is 4.39 Å². The maximum absolute atomic E-state index is 11.8. The van der Waals surface area contributed by atoms with Gasteiger partial charge in [-0.25, -0.2) is 0 Å². The van der Waals surface area contributed by atoms with Crippen molar-refractivity contribution in [2.24, 2.45) is 0 Å². The summed E-state index contributed by atoms with van der Waals surface area (Å²) < 4.78 is 16.6. The number of nitrogens with zero attached hydrogens (tertiary/aromatic N) is 1. The molecule has 0 radical (unpaired) electrons. The van der Waals surface area contributed by atoms with Crippen LogP contribution < -0.4 is 0 Å². The summed E-state index contributed by atoms with van der Waals surface area (Å²) in [5.41, 5.74) is 0. The quantitative estimate of drug-likeness (QED) is 0.574. The lowest BCUT2D eigenvalue weighted by atomic mass is 10.3. The minimum absolute atomic E-state index is 0.000360. The van der Waals surface area contributed by atoms with Crippen LogP contribution in [-0.4, -0.2) is 50.8 Å². The van der Waals surface area contributed by atoms with E-state index in [4.69, 9.17) is 16.3 Å². The van der Waals surface area contributed by atoms with Crippen LogP contribution in [0.15, 0.2) is 0 Å². The predicted molar refractivity (Wildman–Crippen MR) is 49.6 cm³/mol. The van der Waals surface area contributed by atoms with Crippen molar-refractivity contribution in [3.8, 4) is 0 Å². The third-order valence-corrected chi connectivity index (χ3v) is 1.79. The van der Waals surface area contributed by atoms with Crippen LogP contribution in [0.25, 0.3) is 0 Å². The zero-order chi connectivity index (χ0) is 9.40. The number of methoxy groups -OCH3 is 1. The summed E-state index contributed by atoms with van der Waals surface area (Å²) in [6, 6.07) is 0. The molecule has 0 saturated carbocycles. The maximum Gasteiger partial charge on any atom is 0.0906 e. The van der Waals surface area contributed by atoms with E-state index in [-0.39, 0.29) is 12.1 Å². The van der Waals surface area contributed by atoms with E-state index in [9.17, 15) is 4.39 Å². The number of halogens is 2. The first kappa shape index (κ1) is 12.1. The molecule has 0 aliphatic heterocycles. The van der Waals surface area contributed by atoms with Crippen molar-refractivity contribution < 1.29 is 9.13 Å². The zero-order valence-electron chi connectivity index (χ0n) is 7.72. The highest BCUT2D eigenvalue weighted by Crippen LogP contribution is 1.99. The Bertz CT molecular complexity index is 105. The fourth-order valence-electron chi connectivity index (χ4n) is 0.993. The Hall–Kier alpha value is 0.140. The molecular formula is C8H17ClFNO. The van der Waals surface area contributed by atoms with Crippen molar-refractivity contribution in [2.75, 3.05) is 40.5 Å². The van der Waals surface area contributed by atoms with Gasteiger partial charge in [0.1, 0.15) is 0 Å². The van der Waals surface area contributed by atoms with E-state index in [0.717, 1.165) is 13.1 Å². The molecule has 0 rings (SSSR count). The number of alkyl halides is 2. The average Bonchev–Trinajstić information content (AvgIpc) is 2.01. The Kier molecular flexibility index (Phi) is 7.86. The van der Waals surface area contributed by atoms with Crippen molar-refractivity contribution in [3.63, 3.8) is 0 Å². The fourth-order valence-corrected chi connectivity index (χ4v) is 1.35. The first-order valence-corrected chi connectivity index (χ1v) is 4.52. The van der Waals surface area contributed by atoms with Gasteiger partial charge >= 0.3 is 0 Å². The van der Waals surface area contributed by atoms with E-state index < -0.39 is 0 Å². The standard InChI is InChI=1S/C8H17ClFNO/c1-11(5-3-4-10)6-8(9)7-12-2/h8H,3-7H2,1-2H3. The van der Waals surface area contributed by atoms with Crippen LogP contribution in [0.3, 0.4) is 0 Å². The van der Waals surface area contributed by atoms with Crippen LogP contribution in [-0.2, 0) is 4.74 Å². The molecule has 0 amide bonds. The third-order valence-electron chi connectivity index (χ3n) is 1.53. The lowest BCUT2D eigenvalue weighted by Crippen LogP contribution is -2.29. The van der Waals surface area contributed by atoms with Gasteiger partial charge < -0.3 is 9.64 Å². The van der Waals surface area contributed by atoms with Gasteiger partial charge in [0, 0.05) is 20.2 Å². The van der Waals surface area contributed by atoms with Crippen LogP contribution in [0.2, 0.25) is 0 Å². The molecule has 0 saturated heterocycles. The first-order valence-electron chi connectivity index (χ1n) is 4.08. The lowest BCUT2D eigenvalue weighted by molar-refractivity contribution is 0.181. The molecule has 0 aliphatic carbocycles. The smallest absolute Gasteiger partial charge is 0.0906 e. The molecule has 0 fully saturated rings. The predicted octanol–water partition coefficient (Wildman–Crippen LogP) is 1.53. The number of rotatable bonds is 7. The van der Waals surface area contributed by atoms with Gasteiger partial charge in [0.15, 0.2) is 0 Å². The van der Waals surface area contributed by atoms with Gasteiger partial charge in [-0.2, -0.15) is 0 Å². The Labute approximate surface area is 78.6 Å². The molecule has 74 valence electrons. The minimum atomic E-state index is -0.262. The highest BCUT2D eigenvalue weighted by Gasteiger charge is 2.07. The van der Waals surface area contributed by atoms with Gasteiger partial charge in [0.2, 0.25) is 0 Å². The average molecular weight is 198 g/mol. The van der Waals surface area contributed by atoms with Crippen LogP contribution in [0, 0.1) is 0 Å². The molecule has 0 bridgehead atoms. The summed E-state index contributed by atoms with van der Waals surface area (Å²) in [6.07, 6.45) is 0.576. The highest BCUT2D eigenvalue weighted by atomic mass is 35.5. The second-order valence-electron chi connectivity index (χ2n) is 2.86. The Balaban J connectivity index is 3.33. The number of hydrogen-bond acceptors (Lipinski definition) is 2. The number of ether oxygens (including phenoxy) is 1. The van der Waals surface area contributed by atoms with Gasteiger partial charge in [-0.1, -0.05) is 0 Å². The van der Waals surface area contributed by atoms with Gasteiger partial charge in [0.05, 0.1) is 18.7 Å². The van der Waals surface area contributed by atoms with E-state index >= 15 is 0 Å². The summed E-state index contributed by atoms with van der Waals surface area (Å²) in [4.78, 5) is 2.01. The van der Waals surface area contributed by atoms with Gasteiger partial charge in [-0.3, -0.25) is 4.39 Å². The van der Waals surface area contributed by atoms with Crippen molar-refractivity contribution in [3.05, 3.63) is 0 Å². The summed E-state index contributed by atoms with van der Waals surface area (Å²) in [5, 5.41) is -0.000360. The summed E-state index contributed by atoms with van der Waals surface area (Å²) in [7, 11) is 3.55. The first-order chi connectivity index (χ1) is 5.70. The molecule has 0 heterocycles. The van der Waals surface area contributed by atoms with Gasteiger partial charge in [0.25, 0.3) is 0 Å². The monoisotopic (exact) mass is 197 g/mol. The molecule has 0 aliphatic rings. The molecule has 1 unspecified atom stereocenters. The maximum atomic E-state index is 11.8. The SMILES string of the molecule is COCC(Cl)CN(C)CCCF. The van der Waals surface area contributed by atoms with Crippen LogP contribution in [0.1, 0.15) is 6.42 Å². The molecule has 0 aromatic rings. The molecule has 4 heteroatoms. The molecular weight excluding hydrogens is 181 g/mol. The molecule has 2 nitrogen and oxygen atoms in total. The van der Waals surface area contributed by atoms with Gasteiger partial charge in [-0.15, -0.1) is 11.6 Å². The zero-order valence-corrected chi connectivity index (χ0v) is 8.48. The fraction of sp³-hybridized carbons (Fsp3) is 1.00. The summed E-state index contributed by atoms with van der Waals surface area (Å²) in [6.45, 7) is 1.78. The molecule has 1 atom stereocenters. The number of hydrogen-bond donors (Lipinski definition) is 0. The normalized spacial score (nSPS) is 13.8. The lowest BCUT2D eigenvalue weighted by Gasteiger charge is -2.18. The molecule has 0 aromatic heterocycles. The van der Waals surface area contributed by atoms with E-state index in [1.54, 1.807) is 7.11 Å². The second kappa shape index (κ2) is 7.77. The van der Waals surface area contributed by atoms with Crippen molar-refractivity contribution in [1.29, 1.82) is 0 Å². The van der Waals surface area contributed by atoms with E-state index in [1.807, 2.05) is 11.9 Å². The molecule has 12 heavy (non-hydrogen) atoms. The summed E-state index contributed by atoms with van der Waals surface area (Å²) in [5.74, 6) is 0. The van der Waals surface area contributed by atoms with E-state index in [1.165, 1.54) is 0 Å². The van der Waals surface area contributed by atoms with Crippen molar-refractivity contribution >= 4 is 11.6 Å². The van der Waals surface area contributed by atoms with Crippen molar-refractivity contribution in [2.45, 2.75) is 11.8 Å². The Morgan fingerprint density at radius 1 is 1.58 bits per heavy atom. The Morgan fingerprint density at radius 3 is 2.75 bits per heavy atom. The van der Waals surface area contributed by atoms with E-state index in [0.29, 0.717) is 13.0 Å². The van der Waals surface area contributed by atoms with Crippen molar-refractivity contribution in [1.82, 2.24) is 4.90 Å². The topological polar surface area (TPSA) is 12.5 Å². The van der Waals surface area contributed by atoms with E-state index in [2.05, 4.69) is 0 Å². The summed E-state index contributed by atoms with van der Waals surface area (Å²) >= 11 is 5.89. The van der Waals surface area contributed by atoms with Crippen LogP contribution in [0.5, 0.6) is 0 Å². The highest BCUT2D eigenvalue weighted by molar-refractivity contribution is 6.20.